The molecule has 0 aromatic rings. The Bertz CT molecular complexity index is 1390. The van der Waals surface area contributed by atoms with Gasteiger partial charge in [0.2, 0.25) is 0 Å². The first-order chi connectivity index (χ1) is 38.5. The van der Waals surface area contributed by atoms with Gasteiger partial charge in [-0.2, -0.15) is 0 Å². The van der Waals surface area contributed by atoms with Crippen molar-refractivity contribution in [2.24, 2.45) is 0 Å². The van der Waals surface area contributed by atoms with Crippen molar-refractivity contribution in [3.63, 3.8) is 0 Å². The molecule has 0 saturated carbocycles. The number of unbranched alkanes of at least 4 members (excludes halogenated alkanes) is 42. The summed E-state index contributed by atoms with van der Waals surface area (Å²) in [5, 5.41) is 0. The first kappa shape index (κ1) is 75.1. The Kier molecular flexibility index (Phi) is 64.2. The van der Waals surface area contributed by atoms with Gasteiger partial charge in [0.15, 0.2) is 6.10 Å². The van der Waals surface area contributed by atoms with Crippen LogP contribution >= 0.6 is 0 Å². The van der Waals surface area contributed by atoms with E-state index < -0.39 is 6.10 Å². The number of allylic oxidation sites excluding steroid dienone is 10. The van der Waals surface area contributed by atoms with Crippen LogP contribution in [0.25, 0.3) is 0 Å². The number of rotatable bonds is 63. The second kappa shape index (κ2) is 66.6. The van der Waals surface area contributed by atoms with Crippen molar-refractivity contribution in [2.45, 2.75) is 367 Å². The average molecular weight is 1090 g/mol. The molecule has 6 heteroatoms. The molecule has 0 aliphatic heterocycles. The molecule has 6 nitrogen and oxygen atoms in total. The molecule has 454 valence electrons. The van der Waals surface area contributed by atoms with E-state index in [-0.39, 0.29) is 31.1 Å². The van der Waals surface area contributed by atoms with Gasteiger partial charge in [0.05, 0.1) is 0 Å². The lowest BCUT2D eigenvalue weighted by Gasteiger charge is -2.18. The minimum Gasteiger partial charge on any atom is -0.462 e. The SMILES string of the molecule is CCCCCCC/C=C\C/C=C\C/C=C\CCCCCCCCCCC(=O)OC(COC(=O)CCCCCCCCCC)COC(=O)CCCCCCCCCCCCCCCCCCC/C=C\C/C=C\CCCCCCC. The van der Waals surface area contributed by atoms with Crippen LogP contribution in [0.3, 0.4) is 0 Å². The highest BCUT2D eigenvalue weighted by atomic mass is 16.6. The van der Waals surface area contributed by atoms with Crippen molar-refractivity contribution in [1.29, 1.82) is 0 Å². The van der Waals surface area contributed by atoms with E-state index in [0.717, 1.165) is 83.5 Å². The number of carbonyl (C=O) groups is 3. The van der Waals surface area contributed by atoms with E-state index in [9.17, 15) is 14.4 Å². The predicted octanol–water partition coefficient (Wildman–Crippen LogP) is 23.5. The molecular formula is C72H130O6. The van der Waals surface area contributed by atoms with Gasteiger partial charge in [-0.1, -0.05) is 313 Å². The van der Waals surface area contributed by atoms with Crippen molar-refractivity contribution in [1.82, 2.24) is 0 Å². The predicted molar refractivity (Wildman–Crippen MR) is 339 cm³/mol. The third-order valence-electron chi connectivity index (χ3n) is 15.2. The summed E-state index contributed by atoms with van der Waals surface area (Å²) < 4.78 is 16.9. The lowest BCUT2D eigenvalue weighted by Crippen LogP contribution is -2.30. The first-order valence-corrected chi connectivity index (χ1v) is 34.3. The van der Waals surface area contributed by atoms with Gasteiger partial charge < -0.3 is 14.2 Å². The van der Waals surface area contributed by atoms with Crippen LogP contribution in [-0.4, -0.2) is 37.2 Å². The van der Waals surface area contributed by atoms with Gasteiger partial charge in [-0.3, -0.25) is 14.4 Å². The molecule has 1 atom stereocenters. The van der Waals surface area contributed by atoms with E-state index in [1.165, 1.54) is 238 Å². The van der Waals surface area contributed by atoms with Gasteiger partial charge >= 0.3 is 17.9 Å². The summed E-state index contributed by atoms with van der Waals surface area (Å²) in [6, 6.07) is 0. The van der Waals surface area contributed by atoms with E-state index in [1.54, 1.807) is 0 Å². The van der Waals surface area contributed by atoms with Crippen LogP contribution in [0.2, 0.25) is 0 Å². The summed E-state index contributed by atoms with van der Waals surface area (Å²) in [5.74, 6) is -0.866. The van der Waals surface area contributed by atoms with Gasteiger partial charge in [-0.05, 0) is 89.9 Å². The topological polar surface area (TPSA) is 78.9 Å². The Labute approximate surface area is 485 Å². The standard InChI is InChI=1S/C72H130O6/c1-4-7-10-13-16-19-21-23-25-27-29-31-33-34-35-36-37-38-40-41-43-45-47-49-51-53-56-59-62-65-71(74)77-68-69(67-76-70(73)64-61-58-55-18-15-12-9-6-3)78-72(75)66-63-60-57-54-52-50-48-46-44-42-39-32-30-28-26-24-22-20-17-14-11-8-5-2/h21-24,27-30,39,42,69H,4-20,25-26,31-38,40-41,43-68H2,1-3H3/b23-21-,24-22-,29-27-,30-28-,42-39-. The van der Waals surface area contributed by atoms with Crippen LogP contribution in [0.5, 0.6) is 0 Å². The molecule has 0 spiro atoms. The first-order valence-electron chi connectivity index (χ1n) is 34.3. The summed E-state index contributed by atoms with van der Waals surface area (Å²) in [5.41, 5.74) is 0. The van der Waals surface area contributed by atoms with E-state index in [4.69, 9.17) is 14.2 Å². The van der Waals surface area contributed by atoms with Crippen LogP contribution in [0, 0.1) is 0 Å². The fourth-order valence-corrected chi connectivity index (χ4v) is 10.1. The summed E-state index contributed by atoms with van der Waals surface area (Å²) in [6.45, 7) is 6.63. The van der Waals surface area contributed by atoms with Crippen LogP contribution in [-0.2, 0) is 28.6 Å². The monoisotopic (exact) mass is 1090 g/mol. The molecule has 0 aliphatic rings. The van der Waals surface area contributed by atoms with Crippen molar-refractivity contribution >= 4 is 17.9 Å². The second-order valence-electron chi connectivity index (χ2n) is 23.1. The number of hydrogen-bond acceptors (Lipinski definition) is 6. The molecule has 0 radical (unpaired) electrons. The normalized spacial score (nSPS) is 12.4. The maximum Gasteiger partial charge on any atom is 0.306 e. The Morgan fingerprint density at radius 3 is 0.718 bits per heavy atom. The quantitative estimate of drug-likeness (QED) is 0.0261. The summed E-state index contributed by atoms with van der Waals surface area (Å²) in [6.07, 6.45) is 85.5. The molecule has 0 aromatic heterocycles. The Morgan fingerprint density at radius 1 is 0.256 bits per heavy atom. The maximum absolute atomic E-state index is 12.9. The number of ether oxygens (including phenoxy) is 3. The van der Waals surface area contributed by atoms with E-state index >= 15 is 0 Å². The summed E-state index contributed by atoms with van der Waals surface area (Å²) in [4.78, 5) is 38.2. The molecule has 0 N–H and O–H groups in total. The maximum atomic E-state index is 12.9. The fourth-order valence-electron chi connectivity index (χ4n) is 10.1. The lowest BCUT2D eigenvalue weighted by molar-refractivity contribution is -0.167. The minimum absolute atomic E-state index is 0.0734. The van der Waals surface area contributed by atoms with Crippen LogP contribution < -0.4 is 0 Å². The average Bonchev–Trinajstić information content (AvgIpc) is 3.44. The molecule has 1 unspecified atom stereocenters. The molecule has 0 bridgehead atoms. The highest BCUT2D eigenvalue weighted by Gasteiger charge is 2.19. The fraction of sp³-hybridized carbons (Fsp3) is 0.819. The molecule has 0 fully saturated rings. The van der Waals surface area contributed by atoms with Crippen molar-refractivity contribution < 1.29 is 28.6 Å². The van der Waals surface area contributed by atoms with E-state index in [2.05, 4.69) is 81.5 Å². The third kappa shape index (κ3) is 63.9. The molecule has 0 saturated heterocycles. The van der Waals surface area contributed by atoms with Crippen LogP contribution in [0.1, 0.15) is 361 Å². The van der Waals surface area contributed by atoms with Crippen molar-refractivity contribution in [3.05, 3.63) is 60.8 Å². The minimum atomic E-state index is -0.775. The Balaban J connectivity index is 4.11. The van der Waals surface area contributed by atoms with Gasteiger partial charge in [0.25, 0.3) is 0 Å². The molecular weight excluding hydrogens is 961 g/mol. The second-order valence-corrected chi connectivity index (χ2v) is 23.1. The Hall–Kier alpha value is -2.89. The van der Waals surface area contributed by atoms with Crippen LogP contribution in [0.4, 0.5) is 0 Å². The molecule has 0 aromatic carbocycles. The lowest BCUT2D eigenvalue weighted by atomic mass is 10.0. The molecule has 0 amide bonds. The highest BCUT2D eigenvalue weighted by molar-refractivity contribution is 5.71. The number of esters is 3. The summed E-state index contributed by atoms with van der Waals surface area (Å²) in [7, 11) is 0. The van der Waals surface area contributed by atoms with E-state index in [0.29, 0.717) is 19.3 Å². The third-order valence-corrected chi connectivity index (χ3v) is 15.2. The zero-order chi connectivity index (χ0) is 56.4. The molecule has 0 rings (SSSR count). The molecule has 78 heavy (non-hydrogen) atoms. The summed E-state index contributed by atoms with van der Waals surface area (Å²) >= 11 is 0. The van der Waals surface area contributed by atoms with Crippen LogP contribution in [0.15, 0.2) is 60.8 Å². The zero-order valence-corrected chi connectivity index (χ0v) is 52.2. The van der Waals surface area contributed by atoms with Gasteiger partial charge in [-0.15, -0.1) is 0 Å². The zero-order valence-electron chi connectivity index (χ0n) is 52.2. The molecule has 0 heterocycles. The van der Waals surface area contributed by atoms with Gasteiger partial charge in [0, 0.05) is 19.3 Å². The van der Waals surface area contributed by atoms with Gasteiger partial charge in [0.1, 0.15) is 13.2 Å². The number of carbonyl (C=O) groups excluding carboxylic acids is 3. The largest absolute Gasteiger partial charge is 0.462 e. The number of hydrogen-bond donors (Lipinski definition) is 0. The smallest absolute Gasteiger partial charge is 0.306 e. The van der Waals surface area contributed by atoms with Crippen molar-refractivity contribution in [2.75, 3.05) is 13.2 Å². The van der Waals surface area contributed by atoms with Gasteiger partial charge in [-0.25, -0.2) is 0 Å². The molecule has 0 aliphatic carbocycles. The Morgan fingerprint density at radius 2 is 0.462 bits per heavy atom. The highest BCUT2D eigenvalue weighted by Crippen LogP contribution is 2.17. The van der Waals surface area contributed by atoms with Crippen molar-refractivity contribution in [3.8, 4) is 0 Å². The van der Waals surface area contributed by atoms with E-state index in [1.807, 2.05) is 0 Å².